The maximum Gasteiger partial charge on any atom is 0.234 e. The van der Waals surface area contributed by atoms with Gasteiger partial charge in [-0.25, -0.2) is 0 Å². The summed E-state index contributed by atoms with van der Waals surface area (Å²) in [5.41, 5.74) is 1.32. The van der Waals surface area contributed by atoms with Crippen LogP contribution in [0.5, 0.6) is 0 Å². The third-order valence-corrected chi connectivity index (χ3v) is 3.97. The standard InChI is InChI=1S/C18H29N3O2/c1-20(2)13-17-14-21(11-12-23-17)15-18(22)19-10-6-9-16-7-4-3-5-8-16/h3-5,7-8,17H,6,9-15H2,1-2H3,(H,19,22)/t17-/m0/s1. The zero-order valence-corrected chi connectivity index (χ0v) is 14.3. The van der Waals surface area contributed by atoms with Crippen LogP contribution in [0.1, 0.15) is 12.0 Å². The average molecular weight is 319 g/mol. The van der Waals surface area contributed by atoms with E-state index in [1.165, 1.54) is 5.56 Å². The summed E-state index contributed by atoms with van der Waals surface area (Å²) in [6.45, 7) is 4.48. The number of hydrogen-bond donors (Lipinski definition) is 1. The lowest BCUT2D eigenvalue weighted by atomic mass is 10.1. The van der Waals surface area contributed by atoms with Crippen LogP contribution in [0.3, 0.4) is 0 Å². The van der Waals surface area contributed by atoms with Crippen LogP contribution < -0.4 is 5.32 Å². The molecule has 23 heavy (non-hydrogen) atoms. The Morgan fingerprint density at radius 2 is 2.13 bits per heavy atom. The number of hydrogen-bond acceptors (Lipinski definition) is 4. The van der Waals surface area contributed by atoms with E-state index >= 15 is 0 Å². The fraction of sp³-hybridized carbons (Fsp3) is 0.611. The average Bonchev–Trinajstić information content (AvgIpc) is 2.52. The van der Waals surface area contributed by atoms with Gasteiger partial charge in [-0.05, 0) is 32.5 Å². The fourth-order valence-electron chi connectivity index (χ4n) is 2.87. The Labute approximate surface area is 139 Å². The lowest BCUT2D eigenvalue weighted by Gasteiger charge is -2.33. The molecule has 1 aromatic rings. The highest BCUT2D eigenvalue weighted by Gasteiger charge is 2.22. The number of morpholine rings is 1. The minimum absolute atomic E-state index is 0.114. The summed E-state index contributed by atoms with van der Waals surface area (Å²) >= 11 is 0. The van der Waals surface area contributed by atoms with Crippen molar-refractivity contribution in [2.75, 3.05) is 53.4 Å². The monoisotopic (exact) mass is 319 g/mol. The third kappa shape index (κ3) is 7.12. The smallest absolute Gasteiger partial charge is 0.234 e. The number of amides is 1. The minimum atomic E-state index is 0.114. The second-order valence-corrected chi connectivity index (χ2v) is 6.43. The van der Waals surface area contributed by atoms with Crippen LogP contribution in [0.25, 0.3) is 0 Å². The van der Waals surface area contributed by atoms with Gasteiger partial charge in [0.2, 0.25) is 5.91 Å². The molecule has 1 aliphatic rings. The van der Waals surface area contributed by atoms with Crippen molar-refractivity contribution in [3.63, 3.8) is 0 Å². The van der Waals surface area contributed by atoms with Gasteiger partial charge in [-0.15, -0.1) is 0 Å². The highest BCUT2D eigenvalue weighted by molar-refractivity contribution is 5.77. The van der Waals surface area contributed by atoms with Gasteiger partial charge in [-0.3, -0.25) is 9.69 Å². The number of nitrogens with one attached hydrogen (secondary N) is 1. The van der Waals surface area contributed by atoms with Gasteiger partial charge >= 0.3 is 0 Å². The number of aryl methyl sites for hydroxylation is 1. The second kappa shape index (κ2) is 9.65. The van der Waals surface area contributed by atoms with Gasteiger partial charge in [0, 0.05) is 26.2 Å². The molecule has 1 heterocycles. The maximum absolute atomic E-state index is 12.0. The molecule has 0 aromatic heterocycles. The van der Waals surface area contributed by atoms with Gasteiger partial charge in [0.05, 0.1) is 19.3 Å². The molecule has 5 heteroatoms. The molecule has 1 aromatic carbocycles. The van der Waals surface area contributed by atoms with E-state index in [9.17, 15) is 4.79 Å². The van der Waals surface area contributed by atoms with E-state index < -0.39 is 0 Å². The predicted molar refractivity (Wildman–Crippen MR) is 92.5 cm³/mol. The van der Waals surface area contributed by atoms with Crippen molar-refractivity contribution in [1.82, 2.24) is 15.1 Å². The van der Waals surface area contributed by atoms with E-state index in [0.717, 1.165) is 39.0 Å². The fourth-order valence-corrected chi connectivity index (χ4v) is 2.87. The summed E-state index contributed by atoms with van der Waals surface area (Å²) in [6.07, 6.45) is 2.18. The van der Waals surface area contributed by atoms with E-state index in [1.807, 2.05) is 20.2 Å². The largest absolute Gasteiger partial charge is 0.374 e. The molecule has 128 valence electrons. The first kappa shape index (κ1) is 17.9. The molecular weight excluding hydrogens is 290 g/mol. The molecule has 1 aliphatic heterocycles. The number of likely N-dealkylation sites (N-methyl/N-ethyl adjacent to an activating group) is 1. The first-order valence-electron chi connectivity index (χ1n) is 8.43. The molecular formula is C18H29N3O2. The number of ether oxygens (including phenoxy) is 1. The third-order valence-electron chi connectivity index (χ3n) is 3.97. The second-order valence-electron chi connectivity index (χ2n) is 6.43. The molecule has 0 unspecified atom stereocenters. The van der Waals surface area contributed by atoms with Gasteiger partial charge in [-0.1, -0.05) is 30.3 Å². The van der Waals surface area contributed by atoms with E-state index in [0.29, 0.717) is 13.2 Å². The first-order valence-corrected chi connectivity index (χ1v) is 8.43. The molecule has 0 aliphatic carbocycles. The number of rotatable bonds is 8. The highest BCUT2D eigenvalue weighted by atomic mass is 16.5. The van der Waals surface area contributed by atoms with Crippen molar-refractivity contribution >= 4 is 5.91 Å². The molecule has 2 rings (SSSR count). The molecule has 0 spiro atoms. The Morgan fingerprint density at radius 3 is 2.87 bits per heavy atom. The molecule has 1 saturated heterocycles. The van der Waals surface area contributed by atoms with Crippen LogP contribution in [0.15, 0.2) is 30.3 Å². The molecule has 1 N–H and O–H groups in total. The van der Waals surface area contributed by atoms with Gasteiger partial charge in [0.25, 0.3) is 0 Å². The Balaban J connectivity index is 1.60. The summed E-state index contributed by atoms with van der Waals surface area (Å²) in [6, 6.07) is 10.4. The van der Waals surface area contributed by atoms with Crippen molar-refractivity contribution in [3.8, 4) is 0 Å². The molecule has 1 amide bonds. The first-order chi connectivity index (χ1) is 11.1. The molecule has 0 bridgehead atoms. The zero-order chi connectivity index (χ0) is 16.5. The van der Waals surface area contributed by atoms with Crippen molar-refractivity contribution in [1.29, 1.82) is 0 Å². The number of nitrogens with zero attached hydrogens (tertiary/aromatic N) is 2. The predicted octanol–water partition coefficient (Wildman–Crippen LogP) is 0.998. The number of benzene rings is 1. The zero-order valence-electron chi connectivity index (χ0n) is 14.3. The Bertz CT molecular complexity index is 465. The van der Waals surface area contributed by atoms with E-state index in [2.05, 4.69) is 39.4 Å². The van der Waals surface area contributed by atoms with Crippen molar-refractivity contribution in [2.24, 2.45) is 0 Å². The van der Waals surface area contributed by atoms with Gasteiger partial charge in [0.1, 0.15) is 0 Å². The maximum atomic E-state index is 12.0. The summed E-state index contributed by atoms with van der Waals surface area (Å²) in [4.78, 5) is 16.4. The van der Waals surface area contributed by atoms with Gasteiger partial charge in [0.15, 0.2) is 0 Å². The van der Waals surface area contributed by atoms with Crippen molar-refractivity contribution in [2.45, 2.75) is 18.9 Å². The Morgan fingerprint density at radius 1 is 1.35 bits per heavy atom. The minimum Gasteiger partial charge on any atom is -0.374 e. The van der Waals surface area contributed by atoms with Crippen LogP contribution >= 0.6 is 0 Å². The van der Waals surface area contributed by atoms with Gasteiger partial charge < -0.3 is 15.0 Å². The normalized spacial score (nSPS) is 19.0. The lowest BCUT2D eigenvalue weighted by Crippen LogP contribution is -2.49. The Kier molecular flexibility index (Phi) is 7.52. The molecule has 5 nitrogen and oxygen atoms in total. The molecule has 1 fully saturated rings. The van der Waals surface area contributed by atoms with E-state index in [-0.39, 0.29) is 12.0 Å². The summed E-state index contributed by atoms with van der Waals surface area (Å²) in [7, 11) is 4.09. The lowest BCUT2D eigenvalue weighted by molar-refractivity contribution is -0.124. The van der Waals surface area contributed by atoms with Crippen LogP contribution in [0.2, 0.25) is 0 Å². The topological polar surface area (TPSA) is 44.8 Å². The van der Waals surface area contributed by atoms with E-state index in [4.69, 9.17) is 4.74 Å². The molecule has 0 radical (unpaired) electrons. The number of carbonyl (C=O) groups excluding carboxylic acids is 1. The summed E-state index contributed by atoms with van der Waals surface area (Å²) in [5, 5.41) is 3.02. The van der Waals surface area contributed by atoms with Crippen LogP contribution in [0, 0.1) is 0 Å². The number of carbonyl (C=O) groups is 1. The Hall–Kier alpha value is -1.43. The quantitative estimate of drug-likeness (QED) is 0.726. The van der Waals surface area contributed by atoms with Crippen LogP contribution in [-0.2, 0) is 16.0 Å². The van der Waals surface area contributed by atoms with Gasteiger partial charge in [-0.2, -0.15) is 0 Å². The highest BCUT2D eigenvalue weighted by Crippen LogP contribution is 2.06. The SMILES string of the molecule is CN(C)C[C@H]1CN(CC(=O)NCCCc2ccccc2)CCO1. The van der Waals surface area contributed by atoms with Crippen molar-refractivity contribution in [3.05, 3.63) is 35.9 Å². The van der Waals surface area contributed by atoms with E-state index in [1.54, 1.807) is 0 Å². The molecule has 1 atom stereocenters. The summed E-state index contributed by atoms with van der Waals surface area (Å²) < 4.78 is 5.73. The van der Waals surface area contributed by atoms with Crippen molar-refractivity contribution < 1.29 is 9.53 Å². The van der Waals surface area contributed by atoms with Crippen LogP contribution in [-0.4, -0.2) is 75.2 Å². The summed E-state index contributed by atoms with van der Waals surface area (Å²) in [5.74, 6) is 0.114. The molecule has 0 saturated carbocycles. The van der Waals surface area contributed by atoms with Crippen LogP contribution in [0.4, 0.5) is 0 Å².